The molecule has 0 radical (unpaired) electrons. The Labute approximate surface area is 164 Å². The zero-order valence-electron chi connectivity index (χ0n) is 14.3. The van der Waals surface area contributed by atoms with Crippen molar-refractivity contribution in [3.63, 3.8) is 0 Å². The van der Waals surface area contributed by atoms with Crippen LogP contribution < -0.4 is 10.1 Å². The summed E-state index contributed by atoms with van der Waals surface area (Å²) in [6, 6.07) is 22.8. The summed E-state index contributed by atoms with van der Waals surface area (Å²) in [5, 5.41) is 2.85. The minimum atomic E-state index is -0.225. The summed E-state index contributed by atoms with van der Waals surface area (Å²) in [7, 11) is 0. The number of halogens is 1. The average Bonchev–Trinajstić information content (AvgIpc) is 3.11. The van der Waals surface area contributed by atoms with Crippen molar-refractivity contribution in [1.29, 1.82) is 0 Å². The molecule has 5 nitrogen and oxygen atoms in total. The van der Waals surface area contributed by atoms with Gasteiger partial charge < -0.3 is 15.0 Å². The van der Waals surface area contributed by atoms with E-state index in [0.29, 0.717) is 11.4 Å². The molecule has 0 aliphatic carbocycles. The summed E-state index contributed by atoms with van der Waals surface area (Å²) in [6.07, 6.45) is 0. The number of nitrogens with zero attached hydrogens (tertiary/aromatic N) is 1. The lowest BCUT2D eigenvalue weighted by Gasteiger charge is -2.08. The SMILES string of the molecule is O=C(COc1cccc(Br)c1)Nc1cccc(-c2nc3ccccc3[nH]2)c1. The number of amides is 1. The van der Waals surface area contributed by atoms with Crippen molar-refractivity contribution < 1.29 is 9.53 Å². The Kier molecular flexibility index (Phi) is 4.89. The maximum atomic E-state index is 12.2. The van der Waals surface area contributed by atoms with Gasteiger partial charge in [-0.2, -0.15) is 0 Å². The lowest BCUT2D eigenvalue weighted by atomic mass is 10.2. The van der Waals surface area contributed by atoms with Crippen LogP contribution in [0.4, 0.5) is 5.69 Å². The molecule has 0 bridgehead atoms. The largest absolute Gasteiger partial charge is 0.484 e. The molecular weight excluding hydrogens is 406 g/mol. The standard InChI is InChI=1S/C21H16BrN3O2/c22-15-6-4-8-17(12-15)27-13-20(26)23-16-7-3-5-14(11-16)21-24-18-9-1-2-10-19(18)25-21/h1-12H,13H2,(H,23,26)(H,24,25). The molecule has 0 unspecified atom stereocenters. The molecule has 6 heteroatoms. The Morgan fingerprint density at radius 2 is 1.89 bits per heavy atom. The third kappa shape index (κ3) is 4.17. The lowest BCUT2D eigenvalue weighted by Crippen LogP contribution is -2.20. The predicted molar refractivity (Wildman–Crippen MR) is 110 cm³/mol. The number of H-pyrrole nitrogens is 1. The fraction of sp³-hybridized carbons (Fsp3) is 0.0476. The molecule has 3 aromatic carbocycles. The molecule has 1 aromatic heterocycles. The van der Waals surface area contributed by atoms with E-state index in [-0.39, 0.29) is 12.5 Å². The van der Waals surface area contributed by atoms with E-state index in [1.165, 1.54) is 0 Å². The van der Waals surface area contributed by atoms with Gasteiger partial charge in [0.05, 0.1) is 11.0 Å². The van der Waals surface area contributed by atoms with Crippen molar-refractivity contribution in [3.8, 4) is 17.1 Å². The molecule has 0 atom stereocenters. The molecule has 0 aliphatic rings. The number of benzene rings is 3. The minimum absolute atomic E-state index is 0.0642. The van der Waals surface area contributed by atoms with Gasteiger partial charge in [-0.25, -0.2) is 4.98 Å². The number of rotatable bonds is 5. The zero-order valence-corrected chi connectivity index (χ0v) is 15.9. The number of imidazole rings is 1. The first-order valence-corrected chi connectivity index (χ1v) is 9.20. The van der Waals surface area contributed by atoms with Crippen LogP contribution in [0.5, 0.6) is 5.75 Å². The monoisotopic (exact) mass is 421 g/mol. The normalized spacial score (nSPS) is 10.7. The van der Waals surface area contributed by atoms with Crippen molar-refractivity contribution in [2.75, 3.05) is 11.9 Å². The van der Waals surface area contributed by atoms with Gasteiger partial charge in [0.2, 0.25) is 0 Å². The molecule has 0 fully saturated rings. The molecule has 0 saturated carbocycles. The Bertz CT molecular complexity index is 1070. The number of anilines is 1. The van der Waals surface area contributed by atoms with Gasteiger partial charge in [0.1, 0.15) is 11.6 Å². The van der Waals surface area contributed by atoms with E-state index in [4.69, 9.17) is 4.74 Å². The Balaban J connectivity index is 1.45. The second-order valence-corrected chi connectivity index (χ2v) is 6.89. The maximum absolute atomic E-state index is 12.2. The third-order valence-electron chi connectivity index (χ3n) is 3.98. The summed E-state index contributed by atoms with van der Waals surface area (Å²) in [4.78, 5) is 20.1. The second kappa shape index (κ2) is 7.63. The van der Waals surface area contributed by atoms with Gasteiger partial charge in [-0.1, -0.05) is 46.3 Å². The van der Waals surface area contributed by atoms with Crippen LogP contribution in [-0.4, -0.2) is 22.5 Å². The van der Waals surface area contributed by atoms with E-state index in [0.717, 1.165) is 26.9 Å². The summed E-state index contributed by atoms with van der Waals surface area (Å²) < 4.78 is 6.42. The molecule has 0 saturated heterocycles. The van der Waals surface area contributed by atoms with Crippen LogP contribution in [0.15, 0.2) is 77.3 Å². The fourth-order valence-corrected chi connectivity index (χ4v) is 3.11. The molecule has 0 spiro atoms. The quantitative estimate of drug-likeness (QED) is 0.475. The number of aromatic nitrogens is 2. The van der Waals surface area contributed by atoms with Crippen LogP contribution in [0.3, 0.4) is 0 Å². The molecule has 4 rings (SSSR count). The number of carbonyl (C=O) groups is 1. The van der Waals surface area contributed by atoms with Crippen LogP contribution in [0.2, 0.25) is 0 Å². The number of carbonyl (C=O) groups excluding carboxylic acids is 1. The Morgan fingerprint density at radius 3 is 2.74 bits per heavy atom. The van der Waals surface area contributed by atoms with Crippen LogP contribution in [0, 0.1) is 0 Å². The van der Waals surface area contributed by atoms with E-state index in [9.17, 15) is 4.79 Å². The van der Waals surface area contributed by atoms with Gasteiger partial charge in [0, 0.05) is 15.7 Å². The highest BCUT2D eigenvalue weighted by Crippen LogP contribution is 2.23. The molecular formula is C21H16BrN3O2. The van der Waals surface area contributed by atoms with E-state index in [1.807, 2.05) is 66.7 Å². The van der Waals surface area contributed by atoms with Crippen molar-refractivity contribution in [2.45, 2.75) is 0 Å². The van der Waals surface area contributed by atoms with Crippen LogP contribution in [-0.2, 0) is 4.79 Å². The number of hydrogen-bond donors (Lipinski definition) is 2. The highest BCUT2D eigenvalue weighted by atomic mass is 79.9. The summed E-state index contributed by atoms with van der Waals surface area (Å²) in [5.41, 5.74) is 3.47. The third-order valence-corrected chi connectivity index (χ3v) is 4.47. The number of para-hydroxylation sites is 2. The number of fused-ring (bicyclic) bond motifs is 1. The second-order valence-electron chi connectivity index (χ2n) is 5.98. The molecule has 134 valence electrons. The van der Waals surface area contributed by atoms with E-state index >= 15 is 0 Å². The topological polar surface area (TPSA) is 67.0 Å². The zero-order chi connectivity index (χ0) is 18.6. The molecule has 1 heterocycles. The molecule has 1 amide bonds. The predicted octanol–water partition coefficient (Wildman–Crippen LogP) is 5.01. The number of hydrogen-bond acceptors (Lipinski definition) is 3. The summed E-state index contributed by atoms with van der Waals surface area (Å²) in [6.45, 7) is -0.0642. The first-order chi connectivity index (χ1) is 13.2. The molecule has 27 heavy (non-hydrogen) atoms. The highest BCUT2D eigenvalue weighted by Gasteiger charge is 2.08. The molecule has 4 aromatic rings. The van der Waals surface area contributed by atoms with Crippen molar-refractivity contribution >= 4 is 38.6 Å². The summed E-state index contributed by atoms with van der Waals surface area (Å²) in [5.74, 6) is 1.17. The van der Waals surface area contributed by atoms with Gasteiger partial charge >= 0.3 is 0 Å². The van der Waals surface area contributed by atoms with Crippen molar-refractivity contribution in [3.05, 3.63) is 77.3 Å². The maximum Gasteiger partial charge on any atom is 0.262 e. The van der Waals surface area contributed by atoms with Crippen molar-refractivity contribution in [1.82, 2.24) is 9.97 Å². The van der Waals surface area contributed by atoms with Gasteiger partial charge in [-0.15, -0.1) is 0 Å². The smallest absolute Gasteiger partial charge is 0.262 e. The Morgan fingerprint density at radius 1 is 1.04 bits per heavy atom. The minimum Gasteiger partial charge on any atom is -0.484 e. The number of aromatic amines is 1. The van der Waals surface area contributed by atoms with Crippen LogP contribution >= 0.6 is 15.9 Å². The van der Waals surface area contributed by atoms with E-state index in [1.54, 1.807) is 6.07 Å². The lowest BCUT2D eigenvalue weighted by molar-refractivity contribution is -0.118. The van der Waals surface area contributed by atoms with Crippen LogP contribution in [0.25, 0.3) is 22.4 Å². The van der Waals surface area contributed by atoms with Gasteiger partial charge in [0.25, 0.3) is 5.91 Å². The summed E-state index contributed by atoms with van der Waals surface area (Å²) >= 11 is 3.38. The van der Waals surface area contributed by atoms with Gasteiger partial charge in [0.15, 0.2) is 6.61 Å². The molecule has 2 N–H and O–H groups in total. The first-order valence-electron chi connectivity index (χ1n) is 8.41. The number of nitrogens with one attached hydrogen (secondary N) is 2. The van der Waals surface area contributed by atoms with Gasteiger partial charge in [-0.3, -0.25) is 4.79 Å². The number of ether oxygens (including phenoxy) is 1. The van der Waals surface area contributed by atoms with E-state index in [2.05, 4.69) is 31.2 Å². The molecule has 0 aliphatic heterocycles. The first kappa shape index (κ1) is 17.3. The van der Waals surface area contributed by atoms with Crippen molar-refractivity contribution in [2.24, 2.45) is 0 Å². The fourth-order valence-electron chi connectivity index (χ4n) is 2.74. The highest BCUT2D eigenvalue weighted by molar-refractivity contribution is 9.10. The van der Waals surface area contributed by atoms with Crippen LogP contribution in [0.1, 0.15) is 0 Å². The van der Waals surface area contributed by atoms with E-state index < -0.39 is 0 Å². The van der Waals surface area contributed by atoms with Gasteiger partial charge in [-0.05, 0) is 42.5 Å². The Hall–Kier alpha value is -3.12. The average molecular weight is 422 g/mol.